The number of nitrogens with one attached hydrogen (secondary N) is 1. The SMILES string of the molecule is CCN(CC)c1ccc(-c2nc3n(n2)C(c2cccc(OCc4ccccc4)c2)C(C(N)=O)=C(C)N3)cc1. The summed E-state index contributed by atoms with van der Waals surface area (Å²) in [5, 5.41) is 8.05. The molecule has 2 heterocycles. The number of hydrogen-bond donors (Lipinski definition) is 2. The standard InChI is InChI=1S/C30H32N6O2/c1-4-35(5-2)24-16-14-22(15-17-24)29-33-30-32-20(3)26(28(31)37)27(36(30)34-29)23-12-9-13-25(18-23)38-19-21-10-7-6-8-11-21/h6-18,27H,4-5,19H2,1-3H3,(H2,31,37)(H,32,33,34). The Labute approximate surface area is 222 Å². The maximum atomic E-state index is 12.6. The number of hydrogen-bond acceptors (Lipinski definition) is 6. The lowest BCUT2D eigenvalue weighted by atomic mass is 9.95. The number of anilines is 2. The highest BCUT2D eigenvalue weighted by molar-refractivity contribution is 5.95. The van der Waals surface area contributed by atoms with Gasteiger partial charge in [-0.25, -0.2) is 4.68 Å². The average molecular weight is 509 g/mol. The Morgan fingerprint density at radius 3 is 2.45 bits per heavy atom. The van der Waals surface area contributed by atoms with Crippen molar-refractivity contribution in [1.82, 2.24) is 14.8 Å². The van der Waals surface area contributed by atoms with Gasteiger partial charge in [0.05, 0.1) is 5.57 Å². The fourth-order valence-electron chi connectivity index (χ4n) is 4.83. The molecule has 1 atom stereocenters. The van der Waals surface area contributed by atoms with Gasteiger partial charge in [-0.1, -0.05) is 42.5 Å². The molecule has 0 saturated heterocycles. The largest absolute Gasteiger partial charge is 0.489 e. The van der Waals surface area contributed by atoms with Crippen LogP contribution in [0.25, 0.3) is 11.4 Å². The fourth-order valence-corrected chi connectivity index (χ4v) is 4.83. The first-order chi connectivity index (χ1) is 18.5. The Hall–Kier alpha value is -4.59. The minimum absolute atomic E-state index is 0.436. The smallest absolute Gasteiger partial charge is 0.248 e. The second-order valence-electron chi connectivity index (χ2n) is 9.20. The molecule has 4 aromatic rings. The number of allylic oxidation sites excluding steroid dienone is 1. The second-order valence-corrected chi connectivity index (χ2v) is 9.20. The monoisotopic (exact) mass is 508 g/mol. The van der Waals surface area contributed by atoms with Crippen LogP contribution in [0.1, 0.15) is 37.9 Å². The minimum atomic E-state index is -0.541. The van der Waals surface area contributed by atoms with Crippen LogP contribution in [0, 0.1) is 0 Å². The summed E-state index contributed by atoms with van der Waals surface area (Å²) in [7, 11) is 0. The van der Waals surface area contributed by atoms with Crippen LogP contribution < -0.4 is 20.7 Å². The second kappa shape index (κ2) is 10.8. The molecular weight excluding hydrogens is 476 g/mol. The third-order valence-corrected chi connectivity index (χ3v) is 6.79. The number of aromatic nitrogens is 3. The predicted octanol–water partition coefficient (Wildman–Crippen LogP) is 5.14. The van der Waals surface area contributed by atoms with Gasteiger partial charge in [0.1, 0.15) is 18.4 Å². The van der Waals surface area contributed by atoms with Crippen molar-refractivity contribution in [3.05, 3.63) is 101 Å². The van der Waals surface area contributed by atoms with Gasteiger partial charge in [0.15, 0.2) is 5.82 Å². The molecule has 3 N–H and O–H groups in total. The van der Waals surface area contributed by atoms with Crippen LogP contribution in [-0.2, 0) is 11.4 Å². The molecule has 3 aromatic carbocycles. The lowest BCUT2D eigenvalue weighted by Crippen LogP contribution is -2.31. The molecule has 38 heavy (non-hydrogen) atoms. The summed E-state index contributed by atoms with van der Waals surface area (Å²) < 4.78 is 7.79. The van der Waals surface area contributed by atoms with E-state index in [9.17, 15) is 4.79 Å². The van der Waals surface area contributed by atoms with Gasteiger partial charge in [-0.15, -0.1) is 5.10 Å². The van der Waals surface area contributed by atoms with E-state index >= 15 is 0 Å². The summed E-state index contributed by atoms with van der Waals surface area (Å²) in [6, 6.07) is 25.4. The number of nitrogens with zero attached hydrogens (tertiary/aromatic N) is 4. The normalized spacial score (nSPS) is 14.6. The summed E-state index contributed by atoms with van der Waals surface area (Å²) in [6.07, 6.45) is 0. The number of ether oxygens (including phenoxy) is 1. The highest BCUT2D eigenvalue weighted by Gasteiger charge is 2.33. The summed E-state index contributed by atoms with van der Waals surface area (Å²) in [5.41, 5.74) is 10.9. The highest BCUT2D eigenvalue weighted by Crippen LogP contribution is 2.37. The van der Waals surface area contributed by atoms with E-state index in [4.69, 9.17) is 20.6 Å². The Kier molecular flexibility index (Phi) is 7.13. The van der Waals surface area contributed by atoms with Crippen LogP contribution in [0.2, 0.25) is 0 Å². The molecule has 0 aliphatic carbocycles. The molecule has 194 valence electrons. The highest BCUT2D eigenvalue weighted by atomic mass is 16.5. The molecular formula is C30H32N6O2. The third kappa shape index (κ3) is 4.98. The molecule has 0 saturated carbocycles. The fraction of sp³-hybridized carbons (Fsp3) is 0.233. The minimum Gasteiger partial charge on any atom is -0.489 e. The quantitative estimate of drug-likeness (QED) is 0.325. The molecule has 0 spiro atoms. The lowest BCUT2D eigenvalue weighted by Gasteiger charge is -2.27. The molecule has 1 aliphatic heterocycles. The van der Waals surface area contributed by atoms with E-state index in [1.54, 1.807) is 4.68 Å². The molecule has 5 rings (SSSR count). The summed E-state index contributed by atoms with van der Waals surface area (Å²) >= 11 is 0. The summed E-state index contributed by atoms with van der Waals surface area (Å²) in [5.74, 6) is 1.30. The van der Waals surface area contributed by atoms with Gasteiger partial charge in [-0.2, -0.15) is 4.98 Å². The van der Waals surface area contributed by atoms with E-state index in [-0.39, 0.29) is 0 Å². The Morgan fingerprint density at radius 2 is 1.76 bits per heavy atom. The zero-order valence-electron chi connectivity index (χ0n) is 21.9. The van der Waals surface area contributed by atoms with E-state index in [1.807, 2.05) is 73.7 Å². The number of nitrogens with two attached hydrogens (primary N) is 1. The molecule has 8 nitrogen and oxygen atoms in total. The Morgan fingerprint density at radius 1 is 1.03 bits per heavy atom. The number of amides is 1. The maximum absolute atomic E-state index is 12.6. The van der Waals surface area contributed by atoms with Gasteiger partial charge in [-0.05, 0) is 68.3 Å². The van der Waals surface area contributed by atoms with Gasteiger partial charge in [0.25, 0.3) is 0 Å². The molecule has 1 amide bonds. The van der Waals surface area contributed by atoms with Gasteiger partial charge < -0.3 is 20.7 Å². The van der Waals surface area contributed by atoms with Crippen LogP contribution in [0.5, 0.6) is 5.75 Å². The number of rotatable bonds is 9. The number of benzene rings is 3. The first-order valence-corrected chi connectivity index (χ1v) is 12.8. The maximum Gasteiger partial charge on any atom is 0.248 e. The molecule has 1 aromatic heterocycles. The third-order valence-electron chi connectivity index (χ3n) is 6.79. The van der Waals surface area contributed by atoms with Crippen molar-refractivity contribution in [2.24, 2.45) is 5.73 Å². The summed E-state index contributed by atoms with van der Waals surface area (Å²) in [6.45, 7) is 8.43. The predicted molar refractivity (Wildman–Crippen MR) is 150 cm³/mol. The molecule has 1 aliphatic rings. The van der Waals surface area contributed by atoms with Crippen molar-refractivity contribution >= 4 is 17.5 Å². The van der Waals surface area contributed by atoms with Gasteiger partial charge in [0, 0.05) is 30.0 Å². The molecule has 0 radical (unpaired) electrons. The summed E-state index contributed by atoms with van der Waals surface area (Å²) in [4.78, 5) is 19.7. The number of carbonyl (C=O) groups is 1. The number of carbonyl (C=O) groups excluding carboxylic acids is 1. The van der Waals surface area contributed by atoms with Gasteiger partial charge in [0.2, 0.25) is 11.9 Å². The lowest BCUT2D eigenvalue weighted by molar-refractivity contribution is -0.115. The average Bonchev–Trinajstić information content (AvgIpc) is 3.36. The first-order valence-electron chi connectivity index (χ1n) is 12.8. The zero-order chi connectivity index (χ0) is 26.6. The molecule has 0 fully saturated rings. The number of primary amides is 1. The van der Waals surface area contributed by atoms with Crippen molar-refractivity contribution in [2.75, 3.05) is 23.3 Å². The Balaban J connectivity index is 1.49. The Bertz CT molecular complexity index is 1460. The molecule has 1 unspecified atom stereocenters. The van der Waals surface area contributed by atoms with Gasteiger partial charge in [-0.3, -0.25) is 4.79 Å². The van der Waals surface area contributed by atoms with Crippen LogP contribution in [0.4, 0.5) is 11.6 Å². The molecule has 0 bridgehead atoms. The topological polar surface area (TPSA) is 98.3 Å². The first kappa shape index (κ1) is 25.1. The van der Waals surface area contributed by atoms with Crippen molar-refractivity contribution in [2.45, 2.75) is 33.4 Å². The van der Waals surface area contributed by atoms with Crippen LogP contribution in [-0.4, -0.2) is 33.8 Å². The van der Waals surface area contributed by atoms with E-state index in [1.165, 1.54) is 0 Å². The van der Waals surface area contributed by atoms with Gasteiger partial charge >= 0.3 is 0 Å². The van der Waals surface area contributed by atoms with Crippen LogP contribution in [0.3, 0.4) is 0 Å². The van der Waals surface area contributed by atoms with Crippen molar-refractivity contribution in [1.29, 1.82) is 0 Å². The molecule has 8 heteroatoms. The van der Waals surface area contributed by atoms with E-state index in [0.29, 0.717) is 35.4 Å². The van der Waals surface area contributed by atoms with Crippen molar-refractivity contribution < 1.29 is 9.53 Å². The van der Waals surface area contributed by atoms with Crippen molar-refractivity contribution in [3.63, 3.8) is 0 Å². The number of fused-ring (bicyclic) bond motifs is 1. The van der Waals surface area contributed by atoms with E-state index in [0.717, 1.165) is 35.5 Å². The zero-order valence-corrected chi connectivity index (χ0v) is 21.9. The van der Waals surface area contributed by atoms with Crippen LogP contribution >= 0.6 is 0 Å². The van der Waals surface area contributed by atoms with E-state index in [2.05, 4.69) is 36.2 Å². The van der Waals surface area contributed by atoms with Crippen LogP contribution in [0.15, 0.2) is 90.1 Å². The van der Waals surface area contributed by atoms with E-state index < -0.39 is 11.9 Å². The van der Waals surface area contributed by atoms with Crippen molar-refractivity contribution in [3.8, 4) is 17.1 Å².